The molecule has 0 aliphatic rings. The van der Waals surface area contributed by atoms with Gasteiger partial charge in [0.1, 0.15) is 0 Å². The Morgan fingerprint density at radius 1 is 1.43 bits per heavy atom. The lowest BCUT2D eigenvalue weighted by Gasteiger charge is -1.87. The molecule has 0 saturated heterocycles. The highest BCUT2D eigenvalue weighted by molar-refractivity contribution is 7.23. The van der Waals surface area contributed by atoms with Crippen LogP contribution in [0.25, 0.3) is 21.1 Å². The lowest BCUT2D eigenvalue weighted by Crippen LogP contribution is -1.83. The smallest absolute Gasteiger partial charge is 0.183 e. The molecule has 0 aliphatic heterocycles. The Labute approximate surface area is 84.0 Å². The molecule has 0 aliphatic carbocycles. The van der Waals surface area contributed by atoms with Crippen LogP contribution in [0.3, 0.4) is 0 Å². The van der Waals surface area contributed by atoms with E-state index in [1.165, 1.54) is 0 Å². The number of aromatic nitrogens is 3. The first-order chi connectivity index (χ1) is 6.88. The van der Waals surface area contributed by atoms with E-state index in [-0.39, 0.29) is 0 Å². The van der Waals surface area contributed by atoms with Gasteiger partial charge in [0.25, 0.3) is 0 Å². The second kappa shape index (κ2) is 2.68. The van der Waals surface area contributed by atoms with Crippen LogP contribution in [-0.2, 0) is 0 Å². The zero-order chi connectivity index (χ0) is 9.54. The van der Waals surface area contributed by atoms with Gasteiger partial charge in [-0.05, 0) is 12.1 Å². The topological polar surface area (TPSA) is 53.6 Å². The summed E-state index contributed by atoms with van der Waals surface area (Å²) in [5, 5.41) is 12.1. The highest BCUT2D eigenvalue weighted by Crippen LogP contribution is 2.30. The Morgan fingerprint density at radius 3 is 3.21 bits per heavy atom. The Morgan fingerprint density at radius 2 is 2.36 bits per heavy atom. The number of benzene rings is 1. The van der Waals surface area contributed by atoms with Gasteiger partial charge in [-0.1, -0.05) is 11.3 Å². The van der Waals surface area contributed by atoms with E-state index in [0.29, 0.717) is 0 Å². The number of rotatable bonds is 1. The number of nitrogens with one attached hydrogen (secondary N) is 2. The minimum Gasteiger partial charge on any atom is -0.365 e. The monoisotopic (exact) mass is 204 g/mol. The molecule has 3 aromatic rings. The summed E-state index contributed by atoms with van der Waals surface area (Å²) < 4.78 is 1.16. The third-order valence-corrected chi connectivity index (χ3v) is 3.29. The number of hydrogen-bond acceptors (Lipinski definition) is 4. The van der Waals surface area contributed by atoms with Crippen LogP contribution in [-0.4, -0.2) is 22.2 Å². The Bertz CT molecular complexity index is 595. The molecular formula is C9H8N4S. The van der Waals surface area contributed by atoms with E-state index in [9.17, 15) is 0 Å². The maximum atomic E-state index is 4.42. The average Bonchev–Trinajstić information content (AvgIpc) is 2.82. The molecule has 70 valence electrons. The van der Waals surface area contributed by atoms with Crippen LogP contribution < -0.4 is 5.32 Å². The fraction of sp³-hybridized carbons (Fsp3) is 0.111. The van der Waals surface area contributed by atoms with E-state index in [1.807, 2.05) is 25.4 Å². The largest absolute Gasteiger partial charge is 0.365 e. The third-order valence-electron chi connectivity index (χ3n) is 2.18. The van der Waals surface area contributed by atoms with Crippen LogP contribution in [0.2, 0.25) is 0 Å². The van der Waals surface area contributed by atoms with Crippen molar-refractivity contribution in [3.05, 3.63) is 18.3 Å². The van der Waals surface area contributed by atoms with Gasteiger partial charge in [0.2, 0.25) is 0 Å². The molecule has 2 N–H and O–H groups in total. The standard InChI is InChI=1S/C9H8N4S/c1-10-9-12-6-3-2-5-4-11-13-7(5)8(6)14-9/h2-4H,1H3,(H,10,12)(H,11,13). The van der Waals surface area contributed by atoms with Crippen LogP contribution in [0.4, 0.5) is 5.13 Å². The first-order valence-electron chi connectivity index (χ1n) is 4.29. The van der Waals surface area contributed by atoms with E-state index in [4.69, 9.17) is 0 Å². The molecule has 0 atom stereocenters. The van der Waals surface area contributed by atoms with Crippen LogP contribution in [0.1, 0.15) is 0 Å². The summed E-state index contributed by atoms with van der Waals surface area (Å²) >= 11 is 1.64. The maximum Gasteiger partial charge on any atom is 0.183 e. The summed E-state index contributed by atoms with van der Waals surface area (Å²) in [6.07, 6.45) is 1.83. The zero-order valence-electron chi connectivity index (χ0n) is 7.53. The molecule has 5 heteroatoms. The van der Waals surface area contributed by atoms with E-state index in [1.54, 1.807) is 11.3 Å². The molecule has 0 fully saturated rings. The van der Waals surface area contributed by atoms with Gasteiger partial charge in [-0.2, -0.15) is 5.10 Å². The molecule has 0 spiro atoms. The van der Waals surface area contributed by atoms with Gasteiger partial charge in [-0.3, -0.25) is 5.10 Å². The average molecular weight is 204 g/mol. The van der Waals surface area contributed by atoms with Gasteiger partial charge in [0, 0.05) is 12.4 Å². The fourth-order valence-electron chi connectivity index (χ4n) is 1.50. The van der Waals surface area contributed by atoms with Crippen molar-refractivity contribution in [2.24, 2.45) is 0 Å². The molecule has 0 radical (unpaired) electrons. The van der Waals surface area contributed by atoms with Crippen molar-refractivity contribution in [2.75, 3.05) is 12.4 Å². The lowest BCUT2D eigenvalue weighted by molar-refractivity contribution is 1.12. The Balaban J connectivity index is 2.49. The predicted molar refractivity (Wildman–Crippen MR) is 58.8 cm³/mol. The first kappa shape index (κ1) is 7.75. The summed E-state index contributed by atoms with van der Waals surface area (Å²) in [6.45, 7) is 0. The molecule has 3 rings (SSSR count). The van der Waals surface area contributed by atoms with Gasteiger partial charge < -0.3 is 5.32 Å². The predicted octanol–water partition coefficient (Wildman–Crippen LogP) is 2.21. The Kier molecular flexibility index (Phi) is 1.49. The normalized spacial score (nSPS) is 11.2. The second-order valence-electron chi connectivity index (χ2n) is 3.02. The number of anilines is 1. The van der Waals surface area contributed by atoms with Crippen molar-refractivity contribution in [3.8, 4) is 0 Å². The SMILES string of the molecule is CNc1nc2ccc3cn[nH]c3c2s1. The Hall–Kier alpha value is -1.62. The van der Waals surface area contributed by atoms with Crippen molar-refractivity contribution < 1.29 is 0 Å². The number of hydrogen-bond donors (Lipinski definition) is 2. The molecule has 0 bridgehead atoms. The molecule has 0 saturated carbocycles. The van der Waals surface area contributed by atoms with Crippen molar-refractivity contribution >= 4 is 37.6 Å². The van der Waals surface area contributed by atoms with Gasteiger partial charge in [0.05, 0.1) is 21.9 Å². The van der Waals surface area contributed by atoms with Gasteiger partial charge in [0.15, 0.2) is 5.13 Å². The lowest BCUT2D eigenvalue weighted by atomic mass is 10.2. The minimum atomic E-state index is 0.933. The molecule has 14 heavy (non-hydrogen) atoms. The van der Waals surface area contributed by atoms with Crippen molar-refractivity contribution in [2.45, 2.75) is 0 Å². The zero-order valence-corrected chi connectivity index (χ0v) is 8.35. The number of thiazole rings is 1. The third kappa shape index (κ3) is 0.927. The summed E-state index contributed by atoms with van der Waals surface area (Å²) in [5.41, 5.74) is 2.08. The van der Waals surface area contributed by atoms with Crippen LogP contribution in [0.5, 0.6) is 0 Å². The van der Waals surface area contributed by atoms with Crippen molar-refractivity contribution in [1.29, 1.82) is 0 Å². The van der Waals surface area contributed by atoms with Gasteiger partial charge in [-0.25, -0.2) is 4.98 Å². The quantitative estimate of drug-likeness (QED) is 0.639. The van der Waals surface area contributed by atoms with E-state index < -0.39 is 0 Å². The molecule has 0 unspecified atom stereocenters. The van der Waals surface area contributed by atoms with E-state index in [0.717, 1.165) is 26.3 Å². The highest BCUT2D eigenvalue weighted by Gasteiger charge is 2.07. The van der Waals surface area contributed by atoms with Gasteiger partial charge >= 0.3 is 0 Å². The van der Waals surface area contributed by atoms with Gasteiger partial charge in [-0.15, -0.1) is 0 Å². The van der Waals surface area contributed by atoms with Crippen molar-refractivity contribution in [3.63, 3.8) is 0 Å². The fourth-order valence-corrected chi connectivity index (χ4v) is 2.43. The summed E-state index contributed by atoms with van der Waals surface area (Å²) in [5.74, 6) is 0. The number of fused-ring (bicyclic) bond motifs is 3. The van der Waals surface area contributed by atoms with E-state index in [2.05, 4.69) is 20.5 Å². The molecular weight excluding hydrogens is 196 g/mol. The molecule has 0 amide bonds. The van der Waals surface area contributed by atoms with Crippen LogP contribution in [0.15, 0.2) is 18.3 Å². The summed E-state index contributed by atoms with van der Waals surface area (Å²) in [6, 6.07) is 4.05. The molecule has 2 heterocycles. The summed E-state index contributed by atoms with van der Waals surface area (Å²) in [4.78, 5) is 4.42. The molecule has 2 aromatic heterocycles. The second-order valence-corrected chi connectivity index (χ2v) is 4.02. The number of aromatic amines is 1. The highest BCUT2D eigenvalue weighted by atomic mass is 32.1. The van der Waals surface area contributed by atoms with E-state index >= 15 is 0 Å². The first-order valence-corrected chi connectivity index (χ1v) is 5.10. The number of H-pyrrole nitrogens is 1. The molecule has 4 nitrogen and oxygen atoms in total. The maximum absolute atomic E-state index is 4.42. The summed E-state index contributed by atoms with van der Waals surface area (Å²) in [7, 11) is 1.88. The van der Waals surface area contributed by atoms with Crippen LogP contribution >= 0.6 is 11.3 Å². The minimum absolute atomic E-state index is 0.933. The van der Waals surface area contributed by atoms with Crippen molar-refractivity contribution in [1.82, 2.24) is 15.2 Å². The molecule has 1 aromatic carbocycles. The number of nitrogens with zero attached hydrogens (tertiary/aromatic N) is 2. The van der Waals surface area contributed by atoms with Crippen LogP contribution in [0, 0.1) is 0 Å².